The molecular weight excluding hydrogens is 1260 g/mol. The topological polar surface area (TPSA) is 237 Å². The maximum Gasteiger partial charge on any atom is 0.472 e. The fourth-order valence-corrected chi connectivity index (χ4v) is 13.4. The highest BCUT2D eigenvalue weighted by atomic mass is 31.2. The van der Waals surface area contributed by atoms with Crippen molar-refractivity contribution in [1.82, 2.24) is 0 Å². The average molecular weight is 1410 g/mol. The van der Waals surface area contributed by atoms with Crippen molar-refractivity contribution in [1.29, 1.82) is 0 Å². The van der Waals surface area contributed by atoms with Crippen molar-refractivity contribution in [2.45, 2.75) is 414 Å². The monoisotopic (exact) mass is 1410 g/mol. The Hall–Kier alpha value is -1.94. The molecule has 0 saturated carbocycles. The van der Waals surface area contributed by atoms with Crippen molar-refractivity contribution >= 4 is 39.5 Å². The second-order valence-electron chi connectivity index (χ2n) is 29.2. The molecule has 19 heteroatoms. The summed E-state index contributed by atoms with van der Waals surface area (Å²) >= 11 is 0. The number of hydrogen-bond acceptors (Lipinski definition) is 15. The van der Waals surface area contributed by atoms with Crippen LogP contribution in [0.1, 0.15) is 395 Å². The number of phosphoric ester groups is 2. The number of carbonyl (C=O) groups is 4. The first-order valence-corrected chi connectivity index (χ1v) is 42.8. The van der Waals surface area contributed by atoms with Crippen LogP contribution in [0.3, 0.4) is 0 Å². The molecule has 0 rings (SSSR count). The Morgan fingerprint density at radius 3 is 0.708 bits per heavy atom. The molecule has 570 valence electrons. The van der Waals surface area contributed by atoms with E-state index in [4.69, 9.17) is 37.0 Å². The van der Waals surface area contributed by atoms with Crippen molar-refractivity contribution < 1.29 is 80.2 Å². The van der Waals surface area contributed by atoms with Crippen LogP contribution in [0.5, 0.6) is 0 Å². The number of hydrogen-bond donors (Lipinski definition) is 3. The molecule has 3 N–H and O–H groups in total. The third-order valence-corrected chi connectivity index (χ3v) is 19.8. The van der Waals surface area contributed by atoms with Crippen molar-refractivity contribution in [3.05, 3.63) is 0 Å². The summed E-state index contributed by atoms with van der Waals surface area (Å²) in [6, 6.07) is 0. The summed E-state index contributed by atoms with van der Waals surface area (Å²) in [6.07, 6.45) is 54.0. The number of ether oxygens (including phenoxy) is 4. The van der Waals surface area contributed by atoms with E-state index >= 15 is 0 Å². The lowest BCUT2D eigenvalue weighted by atomic mass is 10.0. The number of phosphoric acid groups is 2. The second-order valence-corrected chi connectivity index (χ2v) is 32.1. The Morgan fingerprint density at radius 2 is 0.479 bits per heavy atom. The summed E-state index contributed by atoms with van der Waals surface area (Å²) < 4.78 is 68.6. The Labute approximate surface area is 588 Å². The normalized spacial score (nSPS) is 14.1. The SMILES string of the molecule is CCCCCCCCCCCCCC(=O)OC[C@H](COP(=O)(O)OC[C@H](O)COP(=O)(O)OC[C@@H](COC(=O)CCCCCCCCCCCCCCC(C)C)OC(=O)CCCCCCCCCCCCCCCCCC(C)C)OC(=O)CCCCCCCCCCCC(C)C. The highest BCUT2D eigenvalue weighted by Crippen LogP contribution is 2.45. The average Bonchev–Trinajstić information content (AvgIpc) is 1.64. The molecule has 17 nitrogen and oxygen atoms in total. The van der Waals surface area contributed by atoms with Crippen LogP contribution in [0.15, 0.2) is 0 Å². The molecule has 0 aliphatic rings. The van der Waals surface area contributed by atoms with Crippen molar-refractivity contribution in [2.75, 3.05) is 39.6 Å². The lowest BCUT2D eigenvalue weighted by Gasteiger charge is -2.21. The highest BCUT2D eigenvalue weighted by molar-refractivity contribution is 7.47. The third-order valence-electron chi connectivity index (χ3n) is 17.9. The van der Waals surface area contributed by atoms with Crippen molar-refractivity contribution in [3.8, 4) is 0 Å². The Morgan fingerprint density at radius 1 is 0.281 bits per heavy atom. The van der Waals surface area contributed by atoms with E-state index < -0.39 is 97.5 Å². The quantitative estimate of drug-likeness (QED) is 0.0222. The zero-order valence-electron chi connectivity index (χ0n) is 62.8. The summed E-state index contributed by atoms with van der Waals surface area (Å²) in [6.45, 7) is 11.9. The fourth-order valence-electron chi connectivity index (χ4n) is 11.8. The summed E-state index contributed by atoms with van der Waals surface area (Å²) in [5, 5.41) is 10.6. The Balaban J connectivity index is 5.25. The molecule has 96 heavy (non-hydrogen) atoms. The molecule has 0 spiro atoms. The molecule has 2 unspecified atom stereocenters. The molecule has 0 amide bonds. The van der Waals surface area contributed by atoms with Crippen LogP contribution in [0.2, 0.25) is 0 Å². The smallest absolute Gasteiger partial charge is 0.462 e. The van der Waals surface area contributed by atoms with E-state index in [1.54, 1.807) is 0 Å². The molecule has 0 heterocycles. The van der Waals surface area contributed by atoms with Gasteiger partial charge < -0.3 is 33.8 Å². The van der Waals surface area contributed by atoms with Crippen LogP contribution < -0.4 is 0 Å². The number of aliphatic hydroxyl groups is 1. The fraction of sp³-hybridized carbons (Fsp3) is 0.948. The van der Waals surface area contributed by atoms with Gasteiger partial charge in [0.05, 0.1) is 26.4 Å². The molecule has 0 radical (unpaired) electrons. The van der Waals surface area contributed by atoms with Crippen LogP contribution in [-0.4, -0.2) is 96.7 Å². The predicted molar refractivity (Wildman–Crippen MR) is 391 cm³/mol. The lowest BCUT2D eigenvalue weighted by Crippen LogP contribution is -2.30. The van der Waals surface area contributed by atoms with Gasteiger partial charge in [-0.25, -0.2) is 9.13 Å². The zero-order valence-corrected chi connectivity index (χ0v) is 64.6. The van der Waals surface area contributed by atoms with E-state index in [-0.39, 0.29) is 25.7 Å². The number of rotatable bonds is 75. The highest BCUT2D eigenvalue weighted by Gasteiger charge is 2.30. The van der Waals surface area contributed by atoms with Gasteiger partial charge in [0, 0.05) is 25.7 Å². The lowest BCUT2D eigenvalue weighted by molar-refractivity contribution is -0.161. The molecule has 0 fully saturated rings. The minimum Gasteiger partial charge on any atom is -0.462 e. The number of unbranched alkanes of at least 4 members (excludes halogenated alkanes) is 43. The molecular formula is C77H150O17P2. The van der Waals surface area contributed by atoms with E-state index in [0.29, 0.717) is 25.7 Å². The third kappa shape index (κ3) is 70.5. The van der Waals surface area contributed by atoms with Crippen LogP contribution >= 0.6 is 15.6 Å². The summed E-state index contributed by atoms with van der Waals surface area (Å²) in [5.41, 5.74) is 0. The molecule has 0 aliphatic heterocycles. The van der Waals surface area contributed by atoms with Gasteiger partial charge in [-0.3, -0.25) is 37.3 Å². The predicted octanol–water partition coefficient (Wildman–Crippen LogP) is 22.6. The van der Waals surface area contributed by atoms with Gasteiger partial charge in [-0.1, -0.05) is 344 Å². The van der Waals surface area contributed by atoms with E-state index in [0.717, 1.165) is 108 Å². The number of esters is 4. The largest absolute Gasteiger partial charge is 0.472 e. The van der Waals surface area contributed by atoms with Gasteiger partial charge in [-0.2, -0.15) is 0 Å². The van der Waals surface area contributed by atoms with Gasteiger partial charge >= 0.3 is 39.5 Å². The van der Waals surface area contributed by atoms with Crippen LogP contribution in [-0.2, 0) is 65.4 Å². The molecule has 0 aromatic heterocycles. The second kappa shape index (κ2) is 67.5. The first kappa shape index (κ1) is 94.1. The summed E-state index contributed by atoms with van der Waals surface area (Å²) in [7, 11) is -9.91. The first-order valence-electron chi connectivity index (χ1n) is 39.8. The van der Waals surface area contributed by atoms with Crippen molar-refractivity contribution in [3.63, 3.8) is 0 Å². The Kier molecular flexibility index (Phi) is 66.2. The minimum atomic E-state index is -4.96. The summed E-state index contributed by atoms with van der Waals surface area (Å²) in [5.74, 6) is 0.205. The molecule has 0 bridgehead atoms. The zero-order chi connectivity index (χ0) is 70.9. The number of carbonyl (C=O) groups excluding carboxylic acids is 4. The van der Waals surface area contributed by atoms with Gasteiger partial charge in [0.1, 0.15) is 19.3 Å². The van der Waals surface area contributed by atoms with Gasteiger partial charge in [0.15, 0.2) is 12.2 Å². The summed E-state index contributed by atoms with van der Waals surface area (Å²) in [4.78, 5) is 72.9. The van der Waals surface area contributed by atoms with Crippen LogP contribution in [0, 0.1) is 17.8 Å². The maximum absolute atomic E-state index is 13.1. The van der Waals surface area contributed by atoms with E-state index in [9.17, 15) is 43.2 Å². The van der Waals surface area contributed by atoms with E-state index in [1.807, 2.05) is 0 Å². The van der Waals surface area contributed by atoms with E-state index in [1.165, 1.54) is 205 Å². The molecule has 0 aromatic rings. The van der Waals surface area contributed by atoms with Crippen LogP contribution in [0.25, 0.3) is 0 Å². The molecule has 5 atom stereocenters. The van der Waals surface area contributed by atoms with E-state index in [2.05, 4.69) is 48.5 Å². The molecule has 0 saturated heterocycles. The molecule has 0 aromatic carbocycles. The number of aliphatic hydroxyl groups excluding tert-OH is 1. The Bertz CT molecular complexity index is 1870. The first-order chi connectivity index (χ1) is 46.2. The van der Waals surface area contributed by atoms with Crippen molar-refractivity contribution in [2.24, 2.45) is 17.8 Å². The van der Waals surface area contributed by atoms with Crippen LogP contribution in [0.4, 0.5) is 0 Å². The standard InChI is InChI=1S/C77H150O17P2/c1-8-9-10-11-12-13-21-30-37-44-51-58-74(79)87-65-73(94-77(82)61-54-47-40-33-26-29-36-43-50-57-70(6)7)67-92-96(85,86)90-63-71(78)62-89-95(83,84)91-66-72(64-88-75(80)59-52-45-38-31-24-20-19-23-28-35-42-49-56-69(4)5)93-76(81)60-53-46-39-32-25-18-16-14-15-17-22-27-34-41-48-55-68(2)3/h68-73,78H,8-67H2,1-7H3,(H,83,84)(H,85,86)/t71-,72-,73-/m1/s1. The minimum absolute atomic E-state index is 0.105. The molecule has 0 aliphatic carbocycles. The van der Waals surface area contributed by atoms with Gasteiger partial charge in [-0.05, 0) is 43.4 Å². The van der Waals surface area contributed by atoms with Gasteiger partial charge in [0.25, 0.3) is 0 Å². The van der Waals surface area contributed by atoms with Gasteiger partial charge in [-0.15, -0.1) is 0 Å². The maximum atomic E-state index is 13.1. The van der Waals surface area contributed by atoms with Gasteiger partial charge in [0.2, 0.25) is 0 Å².